The van der Waals surface area contributed by atoms with E-state index in [0.29, 0.717) is 11.8 Å². The van der Waals surface area contributed by atoms with Crippen LogP contribution in [0.15, 0.2) is 29.2 Å². The van der Waals surface area contributed by atoms with Gasteiger partial charge in [0.05, 0.1) is 5.75 Å². The highest BCUT2D eigenvalue weighted by atomic mass is 35.5. The lowest BCUT2D eigenvalue weighted by Gasteiger charge is -2.24. The van der Waals surface area contributed by atoms with Crippen molar-refractivity contribution in [3.05, 3.63) is 29.8 Å². The van der Waals surface area contributed by atoms with Crippen LogP contribution in [0.1, 0.15) is 18.4 Å². The average molecular weight is 315 g/mol. The summed E-state index contributed by atoms with van der Waals surface area (Å²) >= 11 is 1.63. The van der Waals surface area contributed by atoms with Gasteiger partial charge in [-0.05, 0) is 38.9 Å². The molecule has 0 bridgehead atoms. The number of hydrogen-bond donors (Lipinski definition) is 1. The van der Waals surface area contributed by atoms with E-state index in [4.69, 9.17) is 0 Å². The topological polar surface area (TPSA) is 32.3 Å². The number of likely N-dealkylation sites (tertiary alicyclic amines) is 1. The molecule has 0 aliphatic carbocycles. The van der Waals surface area contributed by atoms with Crippen LogP contribution in [0.3, 0.4) is 0 Å². The largest absolute Gasteiger partial charge is 0.338 e. The Morgan fingerprint density at radius 3 is 2.75 bits per heavy atom. The molecule has 1 aromatic rings. The quantitative estimate of drug-likeness (QED) is 0.848. The summed E-state index contributed by atoms with van der Waals surface area (Å²) in [5.74, 6) is 0.812. The van der Waals surface area contributed by atoms with Gasteiger partial charge in [0.1, 0.15) is 0 Å². The molecule has 0 radical (unpaired) electrons. The van der Waals surface area contributed by atoms with Gasteiger partial charge in [-0.15, -0.1) is 24.2 Å². The fraction of sp³-hybridized carbons (Fsp3) is 0.533. The molecule has 0 spiro atoms. The number of amides is 1. The molecule has 2 rings (SSSR count). The number of halogens is 1. The lowest BCUT2D eigenvalue weighted by Crippen LogP contribution is -2.41. The van der Waals surface area contributed by atoms with Crippen LogP contribution in [0.5, 0.6) is 0 Å². The van der Waals surface area contributed by atoms with Gasteiger partial charge < -0.3 is 10.2 Å². The zero-order chi connectivity index (χ0) is 13.7. The number of thioether (sulfide) groups is 1. The average Bonchev–Trinajstić information content (AvgIpc) is 2.86. The maximum Gasteiger partial charge on any atom is 0.233 e. The van der Waals surface area contributed by atoms with Crippen LogP contribution in [0, 0.1) is 6.92 Å². The van der Waals surface area contributed by atoms with E-state index in [9.17, 15) is 4.79 Å². The lowest BCUT2D eigenvalue weighted by atomic mass is 10.2. The highest BCUT2D eigenvalue weighted by Gasteiger charge is 2.27. The molecule has 1 aliphatic heterocycles. The molecular formula is C15H23ClN2OS. The number of nitrogens with zero attached hydrogens (tertiary/aromatic N) is 1. The number of hydrogen-bond acceptors (Lipinski definition) is 3. The van der Waals surface area contributed by atoms with Crippen LogP contribution in [-0.2, 0) is 4.79 Å². The normalized spacial score (nSPS) is 17.9. The Hall–Kier alpha value is -0.710. The van der Waals surface area contributed by atoms with Crippen molar-refractivity contribution in [3.63, 3.8) is 0 Å². The van der Waals surface area contributed by atoms with E-state index in [1.54, 1.807) is 11.8 Å². The van der Waals surface area contributed by atoms with Crippen molar-refractivity contribution in [1.82, 2.24) is 10.2 Å². The van der Waals surface area contributed by atoms with E-state index < -0.39 is 0 Å². The number of nitrogens with one attached hydrogen (secondary N) is 1. The van der Waals surface area contributed by atoms with E-state index in [1.807, 2.05) is 11.9 Å². The minimum Gasteiger partial charge on any atom is -0.338 e. The van der Waals surface area contributed by atoms with Gasteiger partial charge in [-0.2, -0.15) is 0 Å². The Balaban J connectivity index is 0.00000200. The molecule has 1 saturated heterocycles. The van der Waals surface area contributed by atoms with E-state index >= 15 is 0 Å². The van der Waals surface area contributed by atoms with Gasteiger partial charge in [0, 0.05) is 24.0 Å². The fourth-order valence-electron chi connectivity index (χ4n) is 2.47. The molecule has 112 valence electrons. The third-order valence-electron chi connectivity index (χ3n) is 3.52. The van der Waals surface area contributed by atoms with Crippen LogP contribution in [0.2, 0.25) is 0 Å². The Morgan fingerprint density at radius 1 is 1.40 bits per heavy atom. The summed E-state index contributed by atoms with van der Waals surface area (Å²) in [6, 6.07) is 8.74. The maximum atomic E-state index is 12.2. The minimum atomic E-state index is 0. The SMILES string of the molecule is CNCC1CCCN1C(=O)CSc1ccc(C)cc1.Cl. The van der Waals surface area contributed by atoms with Crippen LogP contribution < -0.4 is 5.32 Å². The van der Waals surface area contributed by atoms with Crippen LogP contribution >= 0.6 is 24.2 Å². The van der Waals surface area contributed by atoms with Crippen LogP contribution in [-0.4, -0.2) is 42.7 Å². The zero-order valence-electron chi connectivity index (χ0n) is 12.1. The Labute approximate surface area is 131 Å². The van der Waals surface area contributed by atoms with E-state index in [1.165, 1.54) is 10.5 Å². The van der Waals surface area contributed by atoms with E-state index in [0.717, 1.165) is 25.9 Å². The molecule has 1 fully saturated rings. The molecule has 0 aromatic heterocycles. The predicted octanol–water partition coefficient (Wildman–Crippen LogP) is 2.72. The summed E-state index contributed by atoms with van der Waals surface area (Å²) in [5.41, 5.74) is 1.25. The number of benzene rings is 1. The van der Waals surface area contributed by atoms with Gasteiger partial charge in [0.25, 0.3) is 0 Å². The highest BCUT2D eigenvalue weighted by Crippen LogP contribution is 2.22. The van der Waals surface area contributed by atoms with Crippen molar-refractivity contribution in [3.8, 4) is 0 Å². The number of carbonyl (C=O) groups excluding carboxylic acids is 1. The Morgan fingerprint density at radius 2 is 2.10 bits per heavy atom. The Bertz CT molecular complexity index is 424. The third-order valence-corrected chi connectivity index (χ3v) is 4.52. The molecule has 0 saturated carbocycles. The second kappa shape index (κ2) is 8.55. The smallest absolute Gasteiger partial charge is 0.233 e. The van der Waals surface area contributed by atoms with Gasteiger partial charge in [-0.1, -0.05) is 17.7 Å². The summed E-state index contributed by atoms with van der Waals surface area (Å²) in [7, 11) is 1.95. The van der Waals surface area contributed by atoms with Crippen molar-refractivity contribution in [2.75, 3.05) is 25.9 Å². The molecule has 1 aliphatic rings. The first-order valence-corrected chi connectivity index (χ1v) is 7.83. The first-order chi connectivity index (χ1) is 9.20. The second-order valence-electron chi connectivity index (χ2n) is 5.04. The number of rotatable bonds is 5. The molecule has 1 amide bonds. The molecular weight excluding hydrogens is 292 g/mol. The van der Waals surface area contributed by atoms with Gasteiger partial charge in [-0.25, -0.2) is 0 Å². The second-order valence-corrected chi connectivity index (χ2v) is 6.09. The fourth-order valence-corrected chi connectivity index (χ4v) is 3.26. The van der Waals surface area contributed by atoms with Crippen molar-refractivity contribution < 1.29 is 4.79 Å². The molecule has 1 heterocycles. The first-order valence-electron chi connectivity index (χ1n) is 6.84. The summed E-state index contributed by atoms with van der Waals surface area (Å²) in [6.07, 6.45) is 2.26. The van der Waals surface area contributed by atoms with E-state index in [2.05, 4.69) is 36.5 Å². The molecule has 1 unspecified atom stereocenters. The van der Waals surface area contributed by atoms with Gasteiger partial charge in [0.15, 0.2) is 0 Å². The standard InChI is InChI=1S/C15H22N2OS.ClH/c1-12-5-7-14(8-6-12)19-11-15(18)17-9-3-4-13(17)10-16-2;/h5-8,13,16H,3-4,9-11H2,1-2H3;1H. The number of carbonyl (C=O) groups is 1. The maximum absolute atomic E-state index is 12.2. The van der Waals surface area contributed by atoms with Gasteiger partial charge >= 0.3 is 0 Å². The lowest BCUT2D eigenvalue weighted by molar-refractivity contribution is -0.129. The van der Waals surface area contributed by atoms with Crippen molar-refractivity contribution in [1.29, 1.82) is 0 Å². The highest BCUT2D eigenvalue weighted by molar-refractivity contribution is 8.00. The van der Waals surface area contributed by atoms with Gasteiger partial charge in [0.2, 0.25) is 5.91 Å². The molecule has 1 atom stereocenters. The van der Waals surface area contributed by atoms with Crippen LogP contribution in [0.25, 0.3) is 0 Å². The predicted molar refractivity (Wildman–Crippen MR) is 87.8 cm³/mol. The monoisotopic (exact) mass is 314 g/mol. The van der Waals surface area contributed by atoms with Crippen molar-refractivity contribution in [2.24, 2.45) is 0 Å². The molecule has 1 aromatic carbocycles. The summed E-state index contributed by atoms with van der Waals surface area (Å²) in [5, 5.41) is 3.17. The van der Waals surface area contributed by atoms with Crippen molar-refractivity contribution in [2.45, 2.75) is 30.7 Å². The number of aryl methyl sites for hydroxylation is 1. The third kappa shape index (κ3) is 4.69. The van der Waals surface area contributed by atoms with Crippen LogP contribution in [0.4, 0.5) is 0 Å². The first kappa shape index (κ1) is 17.3. The Kier molecular flexibility index (Phi) is 7.41. The van der Waals surface area contributed by atoms with Gasteiger partial charge in [-0.3, -0.25) is 4.79 Å². The molecule has 5 heteroatoms. The summed E-state index contributed by atoms with van der Waals surface area (Å²) in [6.45, 7) is 3.90. The number of likely N-dealkylation sites (N-methyl/N-ethyl adjacent to an activating group) is 1. The van der Waals surface area contributed by atoms with Crippen molar-refractivity contribution >= 4 is 30.1 Å². The summed E-state index contributed by atoms with van der Waals surface area (Å²) < 4.78 is 0. The molecule has 20 heavy (non-hydrogen) atoms. The summed E-state index contributed by atoms with van der Waals surface area (Å²) in [4.78, 5) is 15.5. The molecule has 1 N–H and O–H groups in total. The van der Waals surface area contributed by atoms with E-state index in [-0.39, 0.29) is 18.3 Å². The minimum absolute atomic E-state index is 0. The molecule has 3 nitrogen and oxygen atoms in total. The zero-order valence-corrected chi connectivity index (χ0v) is 13.7.